The number of hydrogen-bond donors (Lipinski definition) is 1. The summed E-state index contributed by atoms with van der Waals surface area (Å²) < 4.78 is 0. The number of benzene rings is 2. The maximum absolute atomic E-state index is 9.05. The zero-order valence-electron chi connectivity index (χ0n) is 11.0. The van der Waals surface area contributed by atoms with Crippen LogP contribution in [0.5, 0.6) is 0 Å². The molecule has 0 saturated carbocycles. The fourth-order valence-corrected chi connectivity index (χ4v) is 1.87. The van der Waals surface area contributed by atoms with Crippen molar-refractivity contribution in [3.05, 3.63) is 71.8 Å². The second-order valence-electron chi connectivity index (χ2n) is 4.31. The van der Waals surface area contributed by atoms with Gasteiger partial charge in [-0.25, -0.2) is 0 Å². The van der Waals surface area contributed by atoms with Gasteiger partial charge in [-0.3, -0.25) is 0 Å². The van der Waals surface area contributed by atoms with Crippen molar-refractivity contribution in [1.29, 1.82) is 5.26 Å². The van der Waals surface area contributed by atoms with Crippen LogP contribution in [0.1, 0.15) is 23.6 Å². The van der Waals surface area contributed by atoms with Crippen molar-refractivity contribution in [2.45, 2.75) is 13.3 Å². The predicted octanol–water partition coefficient (Wildman–Crippen LogP) is 4.20. The van der Waals surface area contributed by atoms with E-state index in [4.69, 9.17) is 5.26 Å². The molecule has 0 fully saturated rings. The molecule has 2 rings (SSSR count). The molecule has 2 nitrogen and oxygen atoms in total. The van der Waals surface area contributed by atoms with Gasteiger partial charge in [-0.15, -0.1) is 0 Å². The van der Waals surface area contributed by atoms with Crippen LogP contribution in [0, 0.1) is 11.3 Å². The molecule has 0 unspecified atom stereocenters. The largest absolute Gasteiger partial charge is 0.354 e. The quantitative estimate of drug-likeness (QED) is 0.880. The van der Waals surface area contributed by atoms with Crippen molar-refractivity contribution in [3.8, 4) is 6.07 Å². The van der Waals surface area contributed by atoms with Crippen LogP contribution in [0.4, 0.5) is 5.69 Å². The molecule has 0 atom stereocenters. The minimum Gasteiger partial charge on any atom is -0.354 e. The topological polar surface area (TPSA) is 35.8 Å². The zero-order chi connectivity index (χ0) is 13.7. The van der Waals surface area contributed by atoms with Gasteiger partial charge in [0.25, 0.3) is 0 Å². The van der Waals surface area contributed by atoms with E-state index in [-0.39, 0.29) is 0 Å². The number of rotatable bonds is 4. The lowest BCUT2D eigenvalue weighted by atomic mass is 10.1. The third kappa shape index (κ3) is 3.02. The van der Waals surface area contributed by atoms with Gasteiger partial charge in [0.2, 0.25) is 0 Å². The fraction of sp³-hybridized carbons (Fsp3) is 0.118. The van der Waals surface area contributed by atoms with Gasteiger partial charge < -0.3 is 5.32 Å². The normalized spacial score (nSPS) is 9.68. The molecular formula is C17H16N2. The Kier molecular flexibility index (Phi) is 4.00. The monoisotopic (exact) mass is 248 g/mol. The molecule has 0 aliphatic heterocycles. The SMILES string of the molecule is C=C(Nc1ccccc1C#N)c1ccc(CC)cc1. The zero-order valence-corrected chi connectivity index (χ0v) is 11.0. The number of hydrogen-bond acceptors (Lipinski definition) is 2. The fourth-order valence-electron chi connectivity index (χ4n) is 1.87. The highest BCUT2D eigenvalue weighted by molar-refractivity contribution is 5.77. The summed E-state index contributed by atoms with van der Waals surface area (Å²) in [6.45, 7) is 6.16. The third-order valence-electron chi connectivity index (χ3n) is 3.04. The summed E-state index contributed by atoms with van der Waals surface area (Å²) in [6, 6.07) is 17.9. The summed E-state index contributed by atoms with van der Waals surface area (Å²) in [5.41, 5.74) is 4.53. The Labute approximate surface area is 114 Å². The minimum absolute atomic E-state index is 0.619. The Morgan fingerprint density at radius 2 is 1.84 bits per heavy atom. The van der Waals surface area contributed by atoms with Crippen LogP contribution in [0.2, 0.25) is 0 Å². The summed E-state index contributed by atoms with van der Waals surface area (Å²) in [6.07, 6.45) is 1.03. The summed E-state index contributed by atoms with van der Waals surface area (Å²) in [5.74, 6) is 0. The molecule has 0 heterocycles. The molecule has 0 spiro atoms. The lowest BCUT2D eigenvalue weighted by Crippen LogP contribution is -1.99. The van der Waals surface area contributed by atoms with Crippen LogP contribution in [-0.2, 0) is 6.42 Å². The van der Waals surface area contributed by atoms with E-state index >= 15 is 0 Å². The van der Waals surface area contributed by atoms with E-state index < -0.39 is 0 Å². The Balaban J connectivity index is 2.18. The second kappa shape index (κ2) is 5.88. The van der Waals surface area contributed by atoms with Crippen molar-refractivity contribution in [3.63, 3.8) is 0 Å². The number of nitrogens with one attached hydrogen (secondary N) is 1. The van der Waals surface area contributed by atoms with E-state index in [1.807, 2.05) is 30.3 Å². The number of para-hydroxylation sites is 1. The number of nitrogens with zero attached hydrogens (tertiary/aromatic N) is 1. The molecule has 1 N–H and O–H groups in total. The maximum Gasteiger partial charge on any atom is 0.101 e. The van der Waals surface area contributed by atoms with E-state index in [0.29, 0.717) is 5.56 Å². The van der Waals surface area contributed by atoms with Gasteiger partial charge in [0.05, 0.1) is 11.3 Å². The Morgan fingerprint density at radius 1 is 1.16 bits per heavy atom. The van der Waals surface area contributed by atoms with Gasteiger partial charge in [-0.1, -0.05) is 49.9 Å². The second-order valence-corrected chi connectivity index (χ2v) is 4.31. The molecule has 2 heteroatoms. The Bertz CT molecular complexity index is 618. The third-order valence-corrected chi connectivity index (χ3v) is 3.04. The molecule has 0 aromatic heterocycles. The number of anilines is 1. The lowest BCUT2D eigenvalue weighted by Gasteiger charge is -2.11. The van der Waals surface area contributed by atoms with E-state index in [0.717, 1.165) is 23.4 Å². The van der Waals surface area contributed by atoms with Crippen LogP contribution in [0.3, 0.4) is 0 Å². The van der Waals surface area contributed by atoms with Crippen LogP contribution in [-0.4, -0.2) is 0 Å². The van der Waals surface area contributed by atoms with Crippen molar-refractivity contribution in [2.24, 2.45) is 0 Å². The first kappa shape index (κ1) is 12.9. The molecule has 0 aliphatic carbocycles. The van der Waals surface area contributed by atoms with Crippen molar-refractivity contribution < 1.29 is 0 Å². The summed E-state index contributed by atoms with van der Waals surface area (Å²) in [5, 5.41) is 12.2. The lowest BCUT2D eigenvalue weighted by molar-refractivity contribution is 1.14. The molecule has 2 aromatic carbocycles. The van der Waals surface area contributed by atoms with Crippen LogP contribution in [0.15, 0.2) is 55.1 Å². The van der Waals surface area contributed by atoms with Crippen molar-refractivity contribution in [1.82, 2.24) is 0 Å². The average Bonchev–Trinajstić information content (AvgIpc) is 2.48. The molecule has 0 amide bonds. The first-order chi connectivity index (χ1) is 9.24. The van der Waals surface area contributed by atoms with E-state index in [1.165, 1.54) is 5.56 Å². The van der Waals surface area contributed by atoms with Gasteiger partial charge in [0.15, 0.2) is 0 Å². The summed E-state index contributed by atoms with van der Waals surface area (Å²) in [7, 11) is 0. The predicted molar refractivity (Wildman–Crippen MR) is 79.6 cm³/mol. The first-order valence-electron chi connectivity index (χ1n) is 6.29. The van der Waals surface area contributed by atoms with Gasteiger partial charge in [0.1, 0.15) is 6.07 Å². The maximum atomic E-state index is 9.05. The number of aryl methyl sites for hydroxylation is 1. The van der Waals surface area contributed by atoms with Gasteiger partial charge in [0, 0.05) is 5.70 Å². The summed E-state index contributed by atoms with van der Waals surface area (Å²) in [4.78, 5) is 0. The smallest absolute Gasteiger partial charge is 0.101 e. The first-order valence-corrected chi connectivity index (χ1v) is 6.29. The molecule has 0 saturated heterocycles. The van der Waals surface area contributed by atoms with E-state index in [9.17, 15) is 0 Å². The van der Waals surface area contributed by atoms with Gasteiger partial charge in [-0.2, -0.15) is 5.26 Å². The van der Waals surface area contributed by atoms with Crippen molar-refractivity contribution >= 4 is 11.4 Å². The molecule has 0 radical (unpaired) electrons. The molecule has 19 heavy (non-hydrogen) atoms. The highest BCUT2D eigenvalue weighted by Crippen LogP contribution is 2.20. The molecule has 2 aromatic rings. The van der Waals surface area contributed by atoms with Crippen LogP contribution >= 0.6 is 0 Å². The number of nitriles is 1. The van der Waals surface area contributed by atoms with Crippen molar-refractivity contribution in [2.75, 3.05) is 5.32 Å². The standard InChI is InChI=1S/C17H16N2/c1-3-14-8-10-15(11-9-14)13(2)19-17-7-5-4-6-16(17)12-18/h4-11,19H,2-3H2,1H3. The summed E-state index contributed by atoms with van der Waals surface area (Å²) >= 11 is 0. The highest BCUT2D eigenvalue weighted by atomic mass is 14.9. The highest BCUT2D eigenvalue weighted by Gasteiger charge is 2.03. The molecule has 0 bridgehead atoms. The van der Waals surface area contributed by atoms with E-state index in [1.54, 1.807) is 6.07 Å². The molecule has 0 aliphatic rings. The molecular weight excluding hydrogens is 232 g/mol. The Hall–Kier alpha value is -2.53. The molecule has 94 valence electrons. The van der Waals surface area contributed by atoms with Crippen LogP contribution in [0.25, 0.3) is 5.70 Å². The Morgan fingerprint density at radius 3 is 2.47 bits per heavy atom. The average molecular weight is 248 g/mol. The van der Waals surface area contributed by atoms with Crippen LogP contribution < -0.4 is 5.32 Å². The minimum atomic E-state index is 0.619. The van der Waals surface area contributed by atoms with Gasteiger partial charge in [-0.05, 0) is 29.7 Å². The van der Waals surface area contributed by atoms with Gasteiger partial charge >= 0.3 is 0 Å². The van der Waals surface area contributed by atoms with E-state index in [2.05, 4.69) is 37.0 Å².